The molecule has 2 unspecified atom stereocenters. The number of carbonyl (C=O) groups excluding carboxylic acids is 1. The normalized spacial score (nSPS) is 13.9. The second-order valence-corrected chi connectivity index (χ2v) is 4.75. The van der Waals surface area contributed by atoms with Gasteiger partial charge in [-0.3, -0.25) is 4.79 Å². The average molecular weight is 308 g/mol. The highest BCUT2D eigenvalue weighted by molar-refractivity contribution is 6.30. The van der Waals surface area contributed by atoms with Crippen LogP contribution < -0.4 is 10.1 Å². The van der Waals surface area contributed by atoms with E-state index in [2.05, 4.69) is 5.32 Å². The van der Waals surface area contributed by atoms with Crippen LogP contribution in [-0.2, 0) is 4.79 Å². The maximum atomic E-state index is 12.1. The van der Waals surface area contributed by atoms with Crippen molar-refractivity contribution in [2.75, 3.05) is 6.54 Å². The number of benzene rings is 1. The zero-order valence-electron chi connectivity index (χ0n) is 11.1. The third-order valence-corrected chi connectivity index (χ3v) is 2.82. The Balaban J connectivity index is 2.53. The van der Waals surface area contributed by atoms with E-state index in [0.717, 1.165) is 5.56 Å². The molecule has 1 amide bonds. The molecule has 4 nitrogen and oxygen atoms in total. The largest absolute Gasteiger partial charge is 0.481 e. The Labute approximate surface area is 120 Å². The van der Waals surface area contributed by atoms with Crippen LogP contribution in [0.4, 0.5) is 8.78 Å². The number of hydrogen-bond donors (Lipinski definition) is 2. The first-order valence-corrected chi connectivity index (χ1v) is 6.35. The van der Waals surface area contributed by atoms with Gasteiger partial charge in [0.15, 0.2) is 6.10 Å². The maximum Gasteiger partial charge on any atom is 0.265 e. The molecule has 20 heavy (non-hydrogen) atoms. The van der Waals surface area contributed by atoms with Gasteiger partial charge in [0.2, 0.25) is 0 Å². The molecule has 2 atom stereocenters. The molecule has 1 aromatic rings. The van der Waals surface area contributed by atoms with Gasteiger partial charge in [-0.1, -0.05) is 11.6 Å². The van der Waals surface area contributed by atoms with Gasteiger partial charge in [-0.15, -0.1) is 0 Å². The number of aliphatic hydroxyl groups is 1. The summed E-state index contributed by atoms with van der Waals surface area (Å²) in [6.07, 6.45) is -5.66. The van der Waals surface area contributed by atoms with E-state index in [9.17, 15) is 13.6 Å². The first-order valence-electron chi connectivity index (χ1n) is 5.98. The van der Waals surface area contributed by atoms with Crippen molar-refractivity contribution in [1.29, 1.82) is 0 Å². The van der Waals surface area contributed by atoms with Crippen LogP contribution >= 0.6 is 11.6 Å². The molecule has 0 radical (unpaired) electrons. The van der Waals surface area contributed by atoms with Crippen LogP contribution in [0.2, 0.25) is 5.02 Å². The molecule has 0 fully saturated rings. The SMILES string of the molecule is Cc1cc(Cl)ccc1OC(C)C(=O)NCC(O)C(F)F. The first kappa shape index (κ1) is 16.7. The van der Waals surface area contributed by atoms with Crippen molar-refractivity contribution in [3.8, 4) is 5.75 Å². The third-order valence-electron chi connectivity index (χ3n) is 2.59. The summed E-state index contributed by atoms with van der Waals surface area (Å²) in [7, 11) is 0. The molecular weight excluding hydrogens is 292 g/mol. The van der Waals surface area contributed by atoms with Crippen molar-refractivity contribution in [1.82, 2.24) is 5.32 Å². The number of hydrogen-bond acceptors (Lipinski definition) is 3. The molecule has 112 valence electrons. The zero-order valence-corrected chi connectivity index (χ0v) is 11.8. The van der Waals surface area contributed by atoms with Gasteiger partial charge in [0, 0.05) is 11.6 Å². The zero-order chi connectivity index (χ0) is 15.3. The van der Waals surface area contributed by atoms with Crippen LogP contribution in [0, 0.1) is 6.92 Å². The predicted molar refractivity (Wildman–Crippen MR) is 71.3 cm³/mol. The highest BCUT2D eigenvalue weighted by atomic mass is 35.5. The molecule has 0 aliphatic heterocycles. The monoisotopic (exact) mass is 307 g/mol. The Kier molecular flexibility index (Phi) is 6.16. The smallest absolute Gasteiger partial charge is 0.265 e. The Hall–Kier alpha value is -1.40. The fourth-order valence-electron chi connectivity index (χ4n) is 1.43. The van der Waals surface area contributed by atoms with Gasteiger partial charge in [-0.25, -0.2) is 8.78 Å². The average Bonchev–Trinajstić information content (AvgIpc) is 2.38. The van der Waals surface area contributed by atoms with Crippen molar-refractivity contribution < 1.29 is 23.4 Å². The molecule has 0 spiro atoms. The van der Waals surface area contributed by atoms with E-state index in [-0.39, 0.29) is 0 Å². The van der Waals surface area contributed by atoms with Crippen LogP contribution in [0.3, 0.4) is 0 Å². The minimum absolute atomic E-state index is 0.478. The van der Waals surface area contributed by atoms with Crippen molar-refractivity contribution in [2.24, 2.45) is 0 Å². The van der Waals surface area contributed by atoms with Gasteiger partial charge < -0.3 is 15.2 Å². The standard InChI is InChI=1S/C13H16ClF2NO3/c1-7-5-9(14)3-4-11(7)20-8(2)13(19)17-6-10(18)12(15)16/h3-5,8,10,12,18H,6H2,1-2H3,(H,17,19). The lowest BCUT2D eigenvalue weighted by Gasteiger charge is -2.17. The lowest BCUT2D eigenvalue weighted by atomic mass is 10.2. The van der Waals surface area contributed by atoms with Crippen molar-refractivity contribution in [3.05, 3.63) is 28.8 Å². The Morgan fingerprint density at radius 3 is 2.70 bits per heavy atom. The van der Waals surface area contributed by atoms with Gasteiger partial charge in [-0.2, -0.15) is 0 Å². The van der Waals surface area contributed by atoms with E-state index in [0.29, 0.717) is 10.8 Å². The fourth-order valence-corrected chi connectivity index (χ4v) is 1.65. The molecule has 7 heteroatoms. The molecule has 0 heterocycles. The molecule has 0 saturated carbocycles. The second-order valence-electron chi connectivity index (χ2n) is 4.32. The quantitative estimate of drug-likeness (QED) is 0.847. The highest BCUT2D eigenvalue weighted by Gasteiger charge is 2.20. The molecule has 1 aromatic carbocycles. The number of carbonyl (C=O) groups is 1. The predicted octanol–water partition coefficient (Wildman–Crippen LogP) is 2.16. The molecule has 0 saturated heterocycles. The number of nitrogens with one attached hydrogen (secondary N) is 1. The minimum Gasteiger partial charge on any atom is -0.481 e. The van der Waals surface area contributed by atoms with E-state index >= 15 is 0 Å². The second kappa shape index (κ2) is 7.40. The van der Waals surface area contributed by atoms with Gasteiger partial charge in [0.25, 0.3) is 12.3 Å². The van der Waals surface area contributed by atoms with E-state index in [1.807, 2.05) is 0 Å². The molecular formula is C13H16ClF2NO3. The topological polar surface area (TPSA) is 58.6 Å². The summed E-state index contributed by atoms with van der Waals surface area (Å²) >= 11 is 5.80. The number of aryl methyl sites for hydroxylation is 1. The van der Waals surface area contributed by atoms with Crippen molar-refractivity contribution in [2.45, 2.75) is 32.5 Å². The Bertz CT molecular complexity index is 471. The van der Waals surface area contributed by atoms with E-state index in [4.69, 9.17) is 21.4 Å². The fraction of sp³-hybridized carbons (Fsp3) is 0.462. The van der Waals surface area contributed by atoms with E-state index in [1.165, 1.54) is 6.92 Å². The third kappa shape index (κ3) is 4.94. The lowest BCUT2D eigenvalue weighted by Crippen LogP contribution is -2.42. The summed E-state index contributed by atoms with van der Waals surface area (Å²) in [6.45, 7) is 2.73. The summed E-state index contributed by atoms with van der Waals surface area (Å²) in [6, 6.07) is 4.92. The highest BCUT2D eigenvalue weighted by Crippen LogP contribution is 2.22. The first-order chi connectivity index (χ1) is 9.31. The lowest BCUT2D eigenvalue weighted by molar-refractivity contribution is -0.128. The number of aliphatic hydroxyl groups excluding tert-OH is 1. The van der Waals surface area contributed by atoms with Crippen molar-refractivity contribution in [3.63, 3.8) is 0 Å². The molecule has 0 aliphatic carbocycles. The minimum atomic E-state index is -2.90. The van der Waals surface area contributed by atoms with Crippen LogP contribution in [0.15, 0.2) is 18.2 Å². The summed E-state index contributed by atoms with van der Waals surface area (Å²) < 4.78 is 29.6. The number of ether oxygens (including phenoxy) is 1. The van der Waals surface area contributed by atoms with Crippen LogP contribution in [0.25, 0.3) is 0 Å². The van der Waals surface area contributed by atoms with Gasteiger partial charge in [-0.05, 0) is 37.6 Å². The number of amides is 1. The van der Waals surface area contributed by atoms with Crippen LogP contribution in [0.1, 0.15) is 12.5 Å². The molecule has 0 aliphatic rings. The van der Waals surface area contributed by atoms with Crippen LogP contribution in [-0.4, -0.2) is 36.2 Å². The summed E-state index contributed by atoms with van der Waals surface area (Å²) in [5, 5.41) is 11.6. The number of rotatable bonds is 6. The molecule has 1 rings (SSSR count). The number of alkyl halides is 2. The summed E-state index contributed by atoms with van der Waals surface area (Å²) in [5.74, 6) is -0.106. The number of halogens is 3. The molecule has 0 aromatic heterocycles. The van der Waals surface area contributed by atoms with Gasteiger partial charge >= 0.3 is 0 Å². The van der Waals surface area contributed by atoms with Gasteiger partial charge in [0.1, 0.15) is 11.9 Å². The summed E-state index contributed by atoms with van der Waals surface area (Å²) in [5.41, 5.74) is 0.754. The van der Waals surface area contributed by atoms with Crippen LogP contribution in [0.5, 0.6) is 5.75 Å². The molecule has 0 bridgehead atoms. The van der Waals surface area contributed by atoms with Gasteiger partial charge in [0.05, 0.1) is 0 Å². The van der Waals surface area contributed by atoms with Crippen molar-refractivity contribution >= 4 is 17.5 Å². The van der Waals surface area contributed by atoms with E-state index in [1.54, 1.807) is 25.1 Å². The molecule has 2 N–H and O–H groups in total. The maximum absolute atomic E-state index is 12.1. The Morgan fingerprint density at radius 2 is 2.15 bits per heavy atom. The summed E-state index contributed by atoms with van der Waals surface area (Å²) in [4.78, 5) is 11.6. The Morgan fingerprint density at radius 1 is 1.50 bits per heavy atom. The van der Waals surface area contributed by atoms with E-state index < -0.39 is 31.1 Å².